The Bertz CT molecular complexity index is 661. The first-order valence-electron chi connectivity index (χ1n) is 8.33. The van der Waals surface area contributed by atoms with Gasteiger partial charge < -0.3 is 5.32 Å². The molecule has 0 amide bonds. The van der Waals surface area contributed by atoms with Crippen LogP contribution >= 0.6 is 0 Å². The molecule has 1 unspecified atom stereocenters. The van der Waals surface area contributed by atoms with Crippen molar-refractivity contribution >= 4 is 5.69 Å². The van der Waals surface area contributed by atoms with Crippen LogP contribution in [0, 0.1) is 5.82 Å². The van der Waals surface area contributed by atoms with Gasteiger partial charge in [-0.3, -0.25) is 0 Å². The lowest BCUT2D eigenvalue weighted by Crippen LogP contribution is -2.17. The molecule has 0 bridgehead atoms. The van der Waals surface area contributed by atoms with Gasteiger partial charge in [-0.25, -0.2) is 4.39 Å². The molecule has 24 heavy (non-hydrogen) atoms. The quantitative estimate of drug-likeness (QED) is 0.268. The van der Waals surface area contributed by atoms with E-state index in [9.17, 15) is 4.39 Å². The second kappa shape index (κ2) is 9.71. The number of benzene rings is 2. The smallest absolute Gasteiger partial charge is 0.123 e. The van der Waals surface area contributed by atoms with Crippen LogP contribution in [0.5, 0.6) is 0 Å². The summed E-state index contributed by atoms with van der Waals surface area (Å²) in [5.74, 6) is 0.270. The van der Waals surface area contributed by atoms with Gasteiger partial charge in [0.1, 0.15) is 5.82 Å². The van der Waals surface area contributed by atoms with Crippen molar-refractivity contribution in [3.63, 3.8) is 0 Å². The Balaban J connectivity index is 1.82. The van der Waals surface area contributed by atoms with Gasteiger partial charge in [0.2, 0.25) is 0 Å². The number of halogens is 1. The normalized spacial score (nSPS) is 11.8. The lowest BCUT2D eigenvalue weighted by atomic mass is 9.91. The zero-order chi connectivity index (χ0) is 17.2. The number of hydrogen-bond donors (Lipinski definition) is 1. The monoisotopic (exact) mass is 326 g/mol. The number of azide groups is 1. The first-order chi connectivity index (χ1) is 11.7. The van der Waals surface area contributed by atoms with Gasteiger partial charge >= 0.3 is 0 Å². The lowest BCUT2D eigenvalue weighted by Gasteiger charge is -2.17. The fourth-order valence-electron chi connectivity index (χ4n) is 2.80. The summed E-state index contributed by atoms with van der Waals surface area (Å²) in [5, 5.41) is 7.01. The average Bonchev–Trinajstić information content (AvgIpc) is 2.60. The molecule has 1 N–H and O–H groups in total. The Hall–Kier alpha value is -2.36. The van der Waals surface area contributed by atoms with Gasteiger partial charge in [-0.1, -0.05) is 54.9 Å². The SMILES string of the molecule is CCCC(CCNCc1ccc(N=[N+]=[N-])cc1)c1ccc(F)cc1. The van der Waals surface area contributed by atoms with Crippen LogP contribution in [0.3, 0.4) is 0 Å². The van der Waals surface area contributed by atoms with Gasteiger partial charge in [0.25, 0.3) is 0 Å². The van der Waals surface area contributed by atoms with Crippen molar-refractivity contribution in [2.45, 2.75) is 38.6 Å². The third-order valence-electron chi connectivity index (χ3n) is 4.07. The van der Waals surface area contributed by atoms with Crippen molar-refractivity contribution in [2.75, 3.05) is 6.54 Å². The second-order valence-electron chi connectivity index (χ2n) is 5.86. The predicted octanol–water partition coefficient (Wildman–Crippen LogP) is 5.83. The van der Waals surface area contributed by atoms with E-state index < -0.39 is 0 Å². The van der Waals surface area contributed by atoms with E-state index in [4.69, 9.17) is 5.53 Å². The first-order valence-corrected chi connectivity index (χ1v) is 8.33. The molecule has 0 spiro atoms. The Labute approximate surface area is 142 Å². The van der Waals surface area contributed by atoms with Crippen LogP contribution in [0.4, 0.5) is 10.1 Å². The van der Waals surface area contributed by atoms with E-state index in [2.05, 4.69) is 22.3 Å². The molecule has 0 saturated carbocycles. The third-order valence-corrected chi connectivity index (χ3v) is 4.07. The molecule has 0 aliphatic rings. The minimum atomic E-state index is -0.184. The van der Waals surface area contributed by atoms with Gasteiger partial charge in [-0.2, -0.15) is 0 Å². The van der Waals surface area contributed by atoms with E-state index in [1.807, 2.05) is 36.4 Å². The summed E-state index contributed by atoms with van der Waals surface area (Å²) in [5.41, 5.74) is 11.4. The standard InChI is InChI=1S/C19H23FN4/c1-2-3-16(17-6-8-18(20)9-7-17)12-13-22-14-15-4-10-19(11-5-15)23-24-21/h4-11,16,22H,2-3,12-14H2,1H3. The molecule has 2 rings (SSSR count). The molecule has 0 aliphatic heterocycles. The van der Waals surface area contributed by atoms with Crippen molar-refractivity contribution in [1.82, 2.24) is 5.32 Å². The molecule has 0 aromatic heterocycles. The van der Waals surface area contributed by atoms with Gasteiger partial charge in [-0.15, -0.1) is 0 Å². The Morgan fingerprint density at radius 1 is 1.08 bits per heavy atom. The van der Waals surface area contributed by atoms with Gasteiger partial charge in [0, 0.05) is 17.1 Å². The fourth-order valence-corrected chi connectivity index (χ4v) is 2.80. The van der Waals surface area contributed by atoms with Crippen molar-refractivity contribution in [3.8, 4) is 0 Å². The van der Waals surface area contributed by atoms with E-state index in [0.29, 0.717) is 11.6 Å². The van der Waals surface area contributed by atoms with Gasteiger partial charge in [-0.05, 0) is 54.1 Å². The molecule has 2 aromatic rings. The highest BCUT2D eigenvalue weighted by Gasteiger charge is 2.10. The largest absolute Gasteiger partial charge is 0.313 e. The maximum Gasteiger partial charge on any atom is 0.123 e. The molecule has 4 nitrogen and oxygen atoms in total. The van der Waals surface area contributed by atoms with Gasteiger partial charge in [0.05, 0.1) is 0 Å². The molecule has 0 aliphatic carbocycles. The Morgan fingerprint density at radius 3 is 2.42 bits per heavy atom. The van der Waals surface area contributed by atoms with Crippen molar-refractivity contribution in [1.29, 1.82) is 0 Å². The van der Waals surface area contributed by atoms with Crippen LogP contribution in [0.1, 0.15) is 43.2 Å². The number of rotatable bonds is 9. The zero-order valence-electron chi connectivity index (χ0n) is 14.0. The highest BCUT2D eigenvalue weighted by Crippen LogP contribution is 2.24. The number of nitrogens with zero attached hydrogens (tertiary/aromatic N) is 3. The minimum absolute atomic E-state index is 0.184. The maximum atomic E-state index is 13.1. The average molecular weight is 326 g/mol. The molecule has 0 radical (unpaired) electrons. The molecule has 126 valence electrons. The summed E-state index contributed by atoms with van der Waals surface area (Å²) in [7, 11) is 0. The van der Waals surface area contributed by atoms with Crippen LogP contribution in [0.25, 0.3) is 10.4 Å². The molecule has 2 aromatic carbocycles. The summed E-state index contributed by atoms with van der Waals surface area (Å²) in [6.45, 7) is 3.86. The molecule has 0 fully saturated rings. The number of nitrogens with one attached hydrogen (secondary N) is 1. The van der Waals surface area contributed by atoms with Crippen LogP contribution in [0.15, 0.2) is 53.6 Å². The number of hydrogen-bond acceptors (Lipinski definition) is 2. The molecule has 5 heteroatoms. The minimum Gasteiger partial charge on any atom is -0.313 e. The van der Waals surface area contributed by atoms with E-state index in [0.717, 1.165) is 37.9 Å². The van der Waals surface area contributed by atoms with Crippen LogP contribution in [0.2, 0.25) is 0 Å². The predicted molar refractivity (Wildman–Crippen MR) is 95.6 cm³/mol. The van der Waals surface area contributed by atoms with E-state index in [-0.39, 0.29) is 5.82 Å². The van der Waals surface area contributed by atoms with Crippen LogP contribution in [-0.2, 0) is 6.54 Å². The lowest BCUT2D eigenvalue weighted by molar-refractivity contribution is 0.530. The summed E-state index contributed by atoms with van der Waals surface area (Å²) < 4.78 is 13.1. The van der Waals surface area contributed by atoms with Crippen molar-refractivity contribution in [2.24, 2.45) is 5.11 Å². The summed E-state index contributed by atoms with van der Waals surface area (Å²) >= 11 is 0. The Morgan fingerprint density at radius 2 is 1.79 bits per heavy atom. The fraction of sp³-hybridized carbons (Fsp3) is 0.368. The molecular weight excluding hydrogens is 303 g/mol. The van der Waals surface area contributed by atoms with E-state index >= 15 is 0 Å². The topological polar surface area (TPSA) is 60.8 Å². The molecule has 1 atom stereocenters. The van der Waals surface area contributed by atoms with Crippen molar-refractivity contribution in [3.05, 3.63) is 75.9 Å². The third kappa shape index (κ3) is 5.69. The molecule has 0 heterocycles. The Kier molecular flexibility index (Phi) is 7.27. The second-order valence-corrected chi connectivity index (χ2v) is 5.86. The van der Waals surface area contributed by atoms with Crippen LogP contribution in [-0.4, -0.2) is 6.54 Å². The van der Waals surface area contributed by atoms with Gasteiger partial charge in [0.15, 0.2) is 0 Å². The van der Waals surface area contributed by atoms with E-state index in [1.54, 1.807) is 0 Å². The molecular formula is C19H23FN4. The van der Waals surface area contributed by atoms with Crippen molar-refractivity contribution < 1.29 is 4.39 Å². The summed E-state index contributed by atoms with van der Waals surface area (Å²) in [6.07, 6.45) is 3.24. The van der Waals surface area contributed by atoms with E-state index in [1.165, 1.54) is 17.7 Å². The zero-order valence-corrected chi connectivity index (χ0v) is 14.0. The first kappa shape index (κ1) is 18.0. The summed E-state index contributed by atoms with van der Waals surface area (Å²) in [4.78, 5) is 2.77. The highest BCUT2D eigenvalue weighted by atomic mass is 19.1. The summed E-state index contributed by atoms with van der Waals surface area (Å²) in [6, 6.07) is 14.4. The highest BCUT2D eigenvalue weighted by molar-refractivity contribution is 5.38. The van der Waals surface area contributed by atoms with Crippen LogP contribution < -0.4 is 5.32 Å². The maximum absolute atomic E-state index is 13.1. The molecule has 0 saturated heterocycles.